The van der Waals surface area contributed by atoms with Crippen molar-refractivity contribution in [1.29, 1.82) is 0 Å². The normalized spacial score (nSPS) is 24.1. The van der Waals surface area contributed by atoms with E-state index in [-0.39, 0.29) is 0 Å². The Morgan fingerprint density at radius 2 is 2.39 bits per heavy atom. The van der Waals surface area contributed by atoms with Gasteiger partial charge in [-0.25, -0.2) is 4.98 Å². The van der Waals surface area contributed by atoms with Crippen molar-refractivity contribution in [2.75, 3.05) is 12.3 Å². The number of aromatic nitrogens is 1. The molecule has 0 spiro atoms. The number of nitrogens with one attached hydrogen (secondary N) is 1. The lowest BCUT2D eigenvalue weighted by molar-refractivity contribution is 0.306. The average molecular weight is 329 g/mol. The summed E-state index contributed by atoms with van der Waals surface area (Å²) in [6.45, 7) is 3.44. The molecule has 1 fully saturated rings. The molecule has 0 aliphatic heterocycles. The molecular weight excluding hydrogens is 308 g/mol. The van der Waals surface area contributed by atoms with Crippen molar-refractivity contribution in [1.82, 2.24) is 10.3 Å². The molecule has 18 heavy (non-hydrogen) atoms. The second-order valence-electron chi connectivity index (χ2n) is 5.06. The summed E-state index contributed by atoms with van der Waals surface area (Å²) in [5, 5.41) is 4.77. The summed E-state index contributed by atoms with van der Waals surface area (Å²) in [5.41, 5.74) is 0. The molecule has 100 valence electrons. The predicted molar refractivity (Wildman–Crippen MR) is 82.1 cm³/mol. The van der Waals surface area contributed by atoms with E-state index in [4.69, 9.17) is 0 Å². The molecule has 1 aliphatic carbocycles. The maximum absolute atomic E-state index is 4.36. The van der Waals surface area contributed by atoms with Crippen molar-refractivity contribution in [3.63, 3.8) is 0 Å². The fraction of sp³-hybridized carbons (Fsp3) is 0.643. The highest BCUT2D eigenvalue weighted by Crippen LogP contribution is 2.25. The molecular formula is C14H21BrN2S. The van der Waals surface area contributed by atoms with Gasteiger partial charge in [0.25, 0.3) is 0 Å². The zero-order valence-electron chi connectivity index (χ0n) is 10.9. The number of hydrogen-bond acceptors (Lipinski definition) is 3. The van der Waals surface area contributed by atoms with Crippen LogP contribution in [0.1, 0.15) is 32.6 Å². The summed E-state index contributed by atoms with van der Waals surface area (Å²) in [7, 11) is 0. The molecule has 4 heteroatoms. The van der Waals surface area contributed by atoms with Crippen molar-refractivity contribution in [2.45, 2.75) is 43.7 Å². The highest BCUT2D eigenvalue weighted by molar-refractivity contribution is 9.10. The molecule has 2 nitrogen and oxygen atoms in total. The van der Waals surface area contributed by atoms with Gasteiger partial charge in [-0.2, -0.15) is 0 Å². The van der Waals surface area contributed by atoms with Crippen LogP contribution in [0.25, 0.3) is 0 Å². The zero-order chi connectivity index (χ0) is 12.8. The number of pyridine rings is 1. The van der Waals surface area contributed by atoms with Crippen LogP contribution in [0.4, 0.5) is 0 Å². The lowest BCUT2D eigenvalue weighted by atomic mass is 9.87. The Bertz CT molecular complexity index is 373. The molecule has 1 aromatic rings. The van der Waals surface area contributed by atoms with E-state index in [9.17, 15) is 0 Å². The van der Waals surface area contributed by atoms with Crippen molar-refractivity contribution in [2.24, 2.45) is 5.92 Å². The van der Waals surface area contributed by atoms with Crippen LogP contribution < -0.4 is 5.32 Å². The summed E-state index contributed by atoms with van der Waals surface area (Å²) in [6, 6.07) is 4.74. The molecule has 2 atom stereocenters. The number of rotatable bonds is 5. The topological polar surface area (TPSA) is 24.9 Å². The maximum Gasteiger partial charge on any atom is 0.110 e. The minimum atomic E-state index is 0.738. The van der Waals surface area contributed by atoms with Gasteiger partial charge in [0.1, 0.15) is 5.03 Å². The molecule has 2 unspecified atom stereocenters. The van der Waals surface area contributed by atoms with E-state index in [0.717, 1.165) is 33.8 Å². The summed E-state index contributed by atoms with van der Waals surface area (Å²) in [4.78, 5) is 4.36. The number of hydrogen-bond donors (Lipinski definition) is 1. The molecule has 1 aliphatic rings. The Morgan fingerprint density at radius 3 is 3.17 bits per heavy atom. The SMILES string of the molecule is CC1CCCC(NCCSc2ncccc2Br)C1. The van der Waals surface area contributed by atoms with Crippen LogP contribution in [0.2, 0.25) is 0 Å². The first-order chi connectivity index (χ1) is 8.75. The summed E-state index contributed by atoms with van der Waals surface area (Å²) in [5.74, 6) is 1.98. The van der Waals surface area contributed by atoms with Gasteiger partial charge in [-0.05, 0) is 46.8 Å². The Morgan fingerprint density at radius 1 is 1.50 bits per heavy atom. The van der Waals surface area contributed by atoms with Gasteiger partial charge in [0.05, 0.1) is 0 Å². The minimum Gasteiger partial charge on any atom is -0.313 e. The smallest absolute Gasteiger partial charge is 0.110 e. The maximum atomic E-state index is 4.36. The summed E-state index contributed by atoms with van der Waals surface area (Å²) < 4.78 is 1.10. The Hall–Kier alpha value is -0.0600. The quantitative estimate of drug-likeness (QED) is 0.650. The highest BCUT2D eigenvalue weighted by Gasteiger charge is 2.17. The Kier molecular flexibility index (Phi) is 5.99. The summed E-state index contributed by atoms with van der Waals surface area (Å²) in [6.07, 6.45) is 7.34. The van der Waals surface area contributed by atoms with Crippen molar-refractivity contribution in [3.8, 4) is 0 Å². The standard InChI is InChI=1S/C14H21BrN2S/c1-11-4-2-5-12(10-11)16-8-9-18-14-13(15)6-3-7-17-14/h3,6-7,11-12,16H,2,4-5,8-10H2,1H3. The van der Waals surface area contributed by atoms with Crippen molar-refractivity contribution >= 4 is 27.7 Å². The first kappa shape index (κ1) is 14.4. The van der Waals surface area contributed by atoms with Crippen LogP contribution in [0, 0.1) is 5.92 Å². The van der Waals surface area contributed by atoms with E-state index in [1.165, 1.54) is 25.7 Å². The predicted octanol–water partition coefficient (Wildman–Crippen LogP) is 4.10. The highest BCUT2D eigenvalue weighted by atomic mass is 79.9. The molecule has 1 saturated carbocycles. The van der Waals surface area contributed by atoms with Crippen LogP contribution in [-0.4, -0.2) is 23.3 Å². The largest absolute Gasteiger partial charge is 0.313 e. The van der Waals surface area contributed by atoms with Gasteiger partial charge < -0.3 is 5.32 Å². The van der Waals surface area contributed by atoms with E-state index in [0.29, 0.717) is 0 Å². The third-order valence-corrected chi connectivity index (χ3v) is 5.34. The number of nitrogens with zero attached hydrogens (tertiary/aromatic N) is 1. The van der Waals surface area contributed by atoms with Gasteiger partial charge in [0.15, 0.2) is 0 Å². The van der Waals surface area contributed by atoms with Crippen LogP contribution in [-0.2, 0) is 0 Å². The molecule has 0 saturated heterocycles. The van der Waals surface area contributed by atoms with E-state index < -0.39 is 0 Å². The lowest BCUT2D eigenvalue weighted by Gasteiger charge is -2.27. The van der Waals surface area contributed by atoms with Crippen molar-refractivity contribution < 1.29 is 0 Å². The fourth-order valence-corrected chi connectivity index (χ4v) is 3.86. The van der Waals surface area contributed by atoms with E-state index in [1.54, 1.807) is 0 Å². The fourth-order valence-electron chi connectivity index (χ4n) is 2.51. The van der Waals surface area contributed by atoms with Gasteiger partial charge in [-0.1, -0.05) is 19.8 Å². The second-order valence-corrected chi connectivity index (χ2v) is 7.00. The van der Waals surface area contributed by atoms with E-state index in [1.807, 2.05) is 30.1 Å². The minimum absolute atomic E-state index is 0.738. The van der Waals surface area contributed by atoms with Gasteiger partial charge in [0.2, 0.25) is 0 Å². The monoisotopic (exact) mass is 328 g/mol. The lowest BCUT2D eigenvalue weighted by Crippen LogP contribution is -2.34. The second kappa shape index (κ2) is 7.51. The molecule has 0 radical (unpaired) electrons. The average Bonchev–Trinajstić information content (AvgIpc) is 2.37. The van der Waals surface area contributed by atoms with Gasteiger partial charge in [-0.15, -0.1) is 11.8 Å². The third kappa shape index (κ3) is 4.56. The molecule has 1 N–H and O–H groups in total. The summed E-state index contributed by atoms with van der Waals surface area (Å²) >= 11 is 5.35. The molecule has 0 amide bonds. The Balaban J connectivity index is 1.65. The molecule has 1 aromatic heterocycles. The number of thioether (sulfide) groups is 1. The molecule has 0 bridgehead atoms. The van der Waals surface area contributed by atoms with Crippen LogP contribution in [0.3, 0.4) is 0 Å². The molecule has 0 aromatic carbocycles. The van der Waals surface area contributed by atoms with Gasteiger partial charge in [-0.3, -0.25) is 0 Å². The third-order valence-electron chi connectivity index (χ3n) is 3.43. The Labute approximate surface area is 122 Å². The van der Waals surface area contributed by atoms with Gasteiger partial charge >= 0.3 is 0 Å². The van der Waals surface area contributed by atoms with Crippen LogP contribution in [0.15, 0.2) is 27.8 Å². The van der Waals surface area contributed by atoms with Gasteiger partial charge in [0, 0.05) is 29.0 Å². The molecule has 1 heterocycles. The molecule has 2 rings (SSSR count). The number of halogens is 1. The van der Waals surface area contributed by atoms with Crippen LogP contribution >= 0.6 is 27.7 Å². The van der Waals surface area contributed by atoms with E-state index in [2.05, 4.69) is 33.2 Å². The van der Waals surface area contributed by atoms with Crippen molar-refractivity contribution in [3.05, 3.63) is 22.8 Å². The first-order valence-electron chi connectivity index (χ1n) is 6.72. The van der Waals surface area contributed by atoms with Crippen LogP contribution in [0.5, 0.6) is 0 Å². The first-order valence-corrected chi connectivity index (χ1v) is 8.50. The zero-order valence-corrected chi connectivity index (χ0v) is 13.3. The van der Waals surface area contributed by atoms with E-state index >= 15 is 0 Å².